The number of carbonyl (C=O) groups is 2. The van der Waals surface area contributed by atoms with Crippen LogP contribution in [0.5, 0.6) is 0 Å². The highest BCUT2D eigenvalue weighted by atomic mass is 19.1. The molecule has 6 heteroatoms. The van der Waals surface area contributed by atoms with E-state index in [1.54, 1.807) is 18.2 Å². The number of para-hydroxylation sites is 1. The first-order chi connectivity index (χ1) is 12.6. The standard InChI is InChI=1S/C20H30FN3O2/c1-3-11-23(12-4-2)13-7-10-22-20(26)16-14-19(25)24(15-16)18-9-6-5-8-17(18)21/h5-6,8-9,16H,3-4,7,10-15H2,1-2H3,(H,22,26). The number of hydrogen-bond donors (Lipinski definition) is 1. The van der Waals surface area contributed by atoms with Crippen molar-refractivity contribution in [2.24, 2.45) is 5.92 Å². The second-order valence-corrected chi connectivity index (χ2v) is 6.84. The van der Waals surface area contributed by atoms with Crippen LogP contribution in [0.4, 0.5) is 10.1 Å². The Balaban J connectivity index is 1.78. The molecule has 1 aliphatic heterocycles. The molecule has 26 heavy (non-hydrogen) atoms. The van der Waals surface area contributed by atoms with E-state index in [9.17, 15) is 14.0 Å². The zero-order valence-electron chi connectivity index (χ0n) is 15.8. The Kier molecular flexibility index (Phi) is 8.04. The number of hydrogen-bond acceptors (Lipinski definition) is 3. The molecular weight excluding hydrogens is 333 g/mol. The topological polar surface area (TPSA) is 52.7 Å². The highest BCUT2D eigenvalue weighted by Crippen LogP contribution is 2.27. The Labute approximate surface area is 155 Å². The average molecular weight is 363 g/mol. The van der Waals surface area contributed by atoms with Gasteiger partial charge in [0, 0.05) is 19.5 Å². The fourth-order valence-electron chi connectivity index (χ4n) is 3.41. The van der Waals surface area contributed by atoms with Crippen molar-refractivity contribution in [2.75, 3.05) is 37.6 Å². The van der Waals surface area contributed by atoms with Gasteiger partial charge in [0.2, 0.25) is 11.8 Å². The predicted octanol–water partition coefficient (Wildman–Crippen LogP) is 2.81. The lowest BCUT2D eigenvalue weighted by molar-refractivity contribution is -0.126. The minimum atomic E-state index is -0.436. The van der Waals surface area contributed by atoms with Crippen LogP contribution in [0.2, 0.25) is 0 Å². The molecule has 1 saturated heterocycles. The van der Waals surface area contributed by atoms with E-state index in [4.69, 9.17) is 0 Å². The minimum absolute atomic E-state index is 0.116. The molecule has 5 nitrogen and oxygen atoms in total. The Morgan fingerprint density at radius 3 is 2.58 bits per heavy atom. The van der Waals surface area contributed by atoms with Gasteiger partial charge in [0.05, 0.1) is 11.6 Å². The third kappa shape index (κ3) is 5.53. The van der Waals surface area contributed by atoms with Gasteiger partial charge in [-0.2, -0.15) is 0 Å². The largest absolute Gasteiger partial charge is 0.356 e. The van der Waals surface area contributed by atoms with Crippen LogP contribution in [0.3, 0.4) is 0 Å². The van der Waals surface area contributed by atoms with Crippen molar-refractivity contribution in [3.8, 4) is 0 Å². The number of carbonyl (C=O) groups excluding carboxylic acids is 2. The van der Waals surface area contributed by atoms with Gasteiger partial charge in [0.15, 0.2) is 0 Å². The summed E-state index contributed by atoms with van der Waals surface area (Å²) < 4.78 is 13.9. The zero-order chi connectivity index (χ0) is 18.9. The summed E-state index contributed by atoms with van der Waals surface area (Å²) in [5, 5.41) is 2.93. The second-order valence-electron chi connectivity index (χ2n) is 6.84. The van der Waals surface area contributed by atoms with Crippen molar-refractivity contribution >= 4 is 17.5 Å². The number of anilines is 1. The molecule has 1 aromatic carbocycles. The first-order valence-electron chi connectivity index (χ1n) is 9.61. The van der Waals surface area contributed by atoms with Gasteiger partial charge in [0.25, 0.3) is 0 Å². The number of amides is 2. The van der Waals surface area contributed by atoms with Crippen LogP contribution in [0.1, 0.15) is 39.5 Å². The lowest BCUT2D eigenvalue weighted by Gasteiger charge is -2.21. The summed E-state index contributed by atoms with van der Waals surface area (Å²) in [6, 6.07) is 6.18. The first kappa shape index (κ1) is 20.4. The molecule has 0 bridgehead atoms. The fraction of sp³-hybridized carbons (Fsp3) is 0.600. The summed E-state index contributed by atoms with van der Waals surface area (Å²) in [4.78, 5) is 28.3. The maximum Gasteiger partial charge on any atom is 0.227 e. The van der Waals surface area contributed by atoms with E-state index in [2.05, 4.69) is 24.1 Å². The van der Waals surface area contributed by atoms with Crippen molar-refractivity contribution in [1.29, 1.82) is 0 Å². The number of nitrogens with one attached hydrogen (secondary N) is 1. The van der Waals surface area contributed by atoms with Crippen LogP contribution >= 0.6 is 0 Å². The van der Waals surface area contributed by atoms with Crippen LogP contribution in [0.15, 0.2) is 24.3 Å². The molecular formula is C20H30FN3O2. The van der Waals surface area contributed by atoms with Gasteiger partial charge in [-0.05, 0) is 51.0 Å². The molecule has 1 atom stereocenters. The van der Waals surface area contributed by atoms with E-state index in [0.29, 0.717) is 6.54 Å². The summed E-state index contributed by atoms with van der Waals surface area (Å²) in [7, 11) is 0. The highest BCUT2D eigenvalue weighted by Gasteiger charge is 2.35. The number of halogens is 1. The molecule has 1 N–H and O–H groups in total. The van der Waals surface area contributed by atoms with Crippen LogP contribution in [0, 0.1) is 11.7 Å². The van der Waals surface area contributed by atoms with Crippen LogP contribution in [0.25, 0.3) is 0 Å². The van der Waals surface area contributed by atoms with Gasteiger partial charge >= 0.3 is 0 Å². The zero-order valence-corrected chi connectivity index (χ0v) is 15.8. The summed E-state index contributed by atoms with van der Waals surface area (Å²) in [6.45, 7) is 8.31. The molecule has 1 unspecified atom stereocenters. The summed E-state index contributed by atoms with van der Waals surface area (Å²) >= 11 is 0. The average Bonchev–Trinajstić information content (AvgIpc) is 3.01. The molecule has 1 heterocycles. The molecule has 0 saturated carbocycles. The summed E-state index contributed by atoms with van der Waals surface area (Å²) in [6.07, 6.45) is 3.28. The molecule has 2 rings (SSSR count). The fourth-order valence-corrected chi connectivity index (χ4v) is 3.41. The van der Waals surface area contributed by atoms with Gasteiger partial charge in [-0.15, -0.1) is 0 Å². The Morgan fingerprint density at radius 1 is 1.23 bits per heavy atom. The van der Waals surface area contributed by atoms with Gasteiger partial charge in [-0.25, -0.2) is 4.39 Å². The van der Waals surface area contributed by atoms with Crippen molar-refractivity contribution in [1.82, 2.24) is 10.2 Å². The molecule has 0 aliphatic carbocycles. The number of benzene rings is 1. The summed E-state index contributed by atoms with van der Waals surface area (Å²) in [5.41, 5.74) is 0.252. The Morgan fingerprint density at radius 2 is 1.92 bits per heavy atom. The molecule has 144 valence electrons. The first-order valence-corrected chi connectivity index (χ1v) is 9.61. The van der Waals surface area contributed by atoms with Crippen LogP contribution in [-0.4, -0.2) is 49.4 Å². The monoisotopic (exact) mass is 363 g/mol. The third-order valence-corrected chi connectivity index (χ3v) is 4.67. The van der Waals surface area contributed by atoms with Crippen LogP contribution in [-0.2, 0) is 9.59 Å². The SMILES string of the molecule is CCCN(CCC)CCCNC(=O)C1CC(=O)N(c2ccccc2F)C1. The van der Waals surface area contributed by atoms with Gasteiger partial charge in [0.1, 0.15) is 5.82 Å². The maximum absolute atomic E-state index is 13.9. The van der Waals surface area contributed by atoms with Crippen molar-refractivity contribution < 1.29 is 14.0 Å². The molecule has 1 fully saturated rings. The quantitative estimate of drug-likeness (QED) is 0.651. The normalized spacial score (nSPS) is 17.2. The van der Waals surface area contributed by atoms with E-state index in [1.165, 1.54) is 11.0 Å². The molecule has 0 spiro atoms. The Bertz CT molecular complexity index is 602. The van der Waals surface area contributed by atoms with Crippen molar-refractivity contribution in [2.45, 2.75) is 39.5 Å². The predicted molar refractivity (Wildman–Crippen MR) is 102 cm³/mol. The smallest absolute Gasteiger partial charge is 0.227 e. The molecule has 1 aromatic rings. The lowest BCUT2D eigenvalue weighted by Crippen LogP contribution is -2.35. The van der Waals surface area contributed by atoms with Gasteiger partial charge < -0.3 is 15.1 Å². The second kappa shape index (κ2) is 10.3. The van der Waals surface area contributed by atoms with Crippen molar-refractivity contribution in [3.63, 3.8) is 0 Å². The molecule has 1 aliphatic rings. The van der Waals surface area contributed by atoms with E-state index in [0.717, 1.165) is 38.9 Å². The van der Waals surface area contributed by atoms with Crippen molar-refractivity contribution in [3.05, 3.63) is 30.1 Å². The molecule has 2 amide bonds. The third-order valence-electron chi connectivity index (χ3n) is 4.67. The van der Waals surface area contributed by atoms with Gasteiger partial charge in [-0.1, -0.05) is 26.0 Å². The molecule has 0 radical (unpaired) electrons. The Hall–Kier alpha value is -1.95. The lowest BCUT2D eigenvalue weighted by atomic mass is 10.1. The molecule has 0 aromatic heterocycles. The number of nitrogens with zero attached hydrogens (tertiary/aromatic N) is 2. The number of rotatable bonds is 10. The highest BCUT2D eigenvalue weighted by molar-refractivity contribution is 6.00. The maximum atomic E-state index is 13.9. The van der Waals surface area contributed by atoms with E-state index >= 15 is 0 Å². The van der Waals surface area contributed by atoms with Crippen LogP contribution < -0.4 is 10.2 Å². The van der Waals surface area contributed by atoms with Gasteiger partial charge in [-0.3, -0.25) is 9.59 Å². The van der Waals surface area contributed by atoms with E-state index in [-0.39, 0.29) is 30.5 Å². The minimum Gasteiger partial charge on any atom is -0.356 e. The van der Waals surface area contributed by atoms with E-state index < -0.39 is 11.7 Å². The van der Waals surface area contributed by atoms with E-state index in [1.807, 2.05) is 0 Å². The summed E-state index contributed by atoms with van der Waals surface area (Å²) in [5.74, 6) is -1.17.